The van der Waals surface area contributed by atoms with Crippen molar-refractivity contribution in [3.05, 3.63) is 94.4 Å². The minimum Gasteiger partial charge on any atom is -0.172 e. The van der Waals surface area contributed by atoms with E-state index < -0.39 is 0 Å². The van der Waals surface area contributed by atoms with Crippen molar-refractivity contribution in [3.63, 3.8) is 0 Å². The van der Waals surface area contributed by atoms with Gasteiger partial charge in [0.2, 0.25) is 0 Å². The molecule has 1 aliphatic carbocycles. The zero-order valence-corrected chi connectivity index (χ0v) is 23.0. The van der Waals surface area contributed by atoms with Gasteiger partial charge in [-0.3, -0.25) is 0 Å². The molecule has 0 spiro atoms. The molecule has 176 valence electrons. The Morgan fingerprint density at radius 2 is 1.17 bits per heavy atom. The van der Waals surface area contributed by atoms with Crippen LogP contribution in [0.1, 0.15) is 35.4 Å². The lowest BCUT2D eigenvalue weighted by Gasteiger charge is -2.22. The molecule has 0 atom stereocenters. The number of rotatable bonds is 3. The number of thiophene rings is 2. The molecular formula is C31H24N2S3. The van der Waals surface area contributed by atoms with E-state index in [0.717, 1.165) is 16.6 Å². The minimum atomic E-state index is 0.00118. The van der Waals surface area contributed by atoms with Crippen molar-refractivity contribution < 1.29 is 0 Å². The number of fused-ring (bicyclic) bond motifs is 4. The van der Waals surface area contributed by atoms with Gasteiger partial charge < -0.3 is 0 Å². The maximum atomic E-state index is 4.71. The molecule has 6 aromatic rings. The summed E-state index contributed by atoms with van der Waals surface area (Å²) in [4.78, 5) is 5.07. The van der Waals surface area contributed by atoms with E-state index in [0.29, 0.717) is 0 Å². The lowest BCUT2D eigenvalue weighted by Crippen LogP contribution is -2.15. The number of aromatic nitrogens is 2. The third-order valence-electron chi connectivity index (χ3n) is 7.41. The van der Waals surface area contributed by atoms with Gasteiger partial charge >= 0.3 is 0 Å². The summed E-state index contributed by atoms with van der Waals surface area (Å²) >= 11 is 4.94. The predicted octanol–water partition coefficient (Wildman–Crippen LogP) is 9.74. The first-order chi connectivity index (χ1) is 17.4. The molecule has 0 aliphatic heterocycles. The summed E-state index contributed by atoms with van der Waals surface area (Å²) in [5.41, 5.74) is 12.5. The predicted molar refractivity (Wildman–Crippen MR) is 157 cm³/mol. The van der Waals surface area contributed by atoms with Crippen molar-refractivity contribution in [1.82, 2.24) is 8.75 Å². The monoisotopic (exact) mass is 520 g/mol. The highest BCUT2D eigenvalue weighted by atomic mass is 32.1. The standard InChI is InChI=1S/C31H24N2S3/c1-17-5-8-20-21-9-7-19(16-25(21)31(3,4)24(20)15-17)26-13-14-28(35-26)23-11-10-22(27-12-6-18(2)34-27)29-30(23)33-36-32-29/h5-16H,1-4H3. The number of hydrogen-bond acceptors (Lipinski definition) is 5. The van der Waals surface area contributed by atoms with Gasteiger partial charge in [0.15, 0.2) is 0 Å². The summed E-state index contributed by atoms with van der Waals surface area (Å²) in [5, 5.41) is 0. The van der Waals surface area contributed by atoms with E-state index in [1.54, 1.807) is 0 Å². The molecule has 0 saturated carbocycles. The summed E-state index contributed by atoms with van der Waals surface area (Å²) in [6.07, 6.45) is 0. The van der Waals surface area contributed by atoms with Crippen molar-refractivity contribution in [1.29, 1.82) is 0 Å². The van der Waals surface area contributed by atoms with Gasteiger partial charge in [-0.05, 0) is 72.0 Å². The third-order valence-corrected chi connectivity index (χ3v) is 10.1. The van der Waals surface area contributed by atoms with Crippen LogP contribution >= 0.6 is 34.4 Å². The van der Waals surface area contributed by atoms with Crippen LogP contribution in [-0.4, -0.2) is 8.75 Å². The number of nitrogens with zero attached hydrogens (tertiary/aromatic N) is 2. The molecule has 0 N–H and O–H groups in total. The fourth-order valence-corrected chi connectivity index (χ4v) is 7.98. The summed E-state index contributed by atoms with van der Waals surface area (Å²) in [6, 6.07) is 27.1. The average Bonchev–Trinajstić information content (AvgIpc) is 3.66. The Morgan fingerprint density at radius 3 is 1.86 bits per heavy atom. The first-order valence-electron chi connectivity index (χ1n) is 12.1. The van der Waals surface area contributed by atoms with Crippen molar-refractivity contribution in [2.75, 3.05) is 0 Å². The summed E-state index contributed by atoms with van der Waals surface area (Å²) in [6.45, 7) is 9.03. The van der Waals surface area contributed by atoms with Gasteiger partial charge in [-0.2, -0.15) is 8.75 Å². The second-order valence-corrected chi connectivity index (χ2v) is 13.0. The van der Waals surface area contributed by atoms with E-state index in [2.05, 4.69) is 105 Å². The van der Waals surface area contributed by atoms with Gasteiger partial charge in [0.05, 0.1) is 11.7 Å². The Morgan fingerprint density at radius 1 is 0.583 bits per heavy atom. The van der Waals surface area contributed by atoms with Crippen LogP contribution in [0.2, 0.25) is 0 Å². The van der Waals surface area contributed by atoms with E-state index in [4.69, 9.17) is 4.37 Å². The summed E-state index contributed by atoms with van der Waals surface area (Å²) in [7, 11) is 0. The number of benzene rings is 3. The second-order valence-electron chi connectivity index (χ2n) is 10.1. The largest absolute Gasteiger partial charge is 0.172 e. The fourth-order valence-electron chi connectivity index (χ4n) is 5.49. The van der Waals surface area contributed by atoms with Crippen LogP contribution in [0.4, 0.5) is 0 Å². The van der Waals surface area contributed by atoms with E-state index in [1.165, 1.54) is 70.2 Å². The van der Waals surface area contributed by atoms with Crippen LogP contribution in [0.15, 0.2) is 72.8 Å². The van der Waals surface area contributed by atoms with Crippen LogP contribution < -0.4 is 0 Å². The van der Waals surface area contributed by atoms with Gasteiger partial charge in [-0.1, -0.05) is 61.9 Å². The van der Waals surface area contributed by atoms with Crippen LogP contribution in [-0.2, 0) is 5.41 Å². The number of aryl methyl sites for hydroxylation is 2. The Labute approximate surface area is 223 Å². The lowest BCUT2D eigenvalue weighted by atomic mass is 9.81. The van der Waals surface area contributed by atoms with E-state index in [-0.39, 0.29) is 5.41 Å². The molecular weight excluding hydrogens is 497 g/mol. The lowest BCUT2D eigenvalue weighted by molar-refractivity contribution is 0.660. The van der Waals surface area contributed by atoms with E-state index in [1.807, 2.05) is 22.7 Å². The van der Waals surface area contributed by atoms with Crippen LogP contribution in [0.25, 0.3) is 53.5 Å². The maximum absolute atomic E-state index is 4.71. The Balaban J connectivity index is 1.29. The van der Waals surface area contributed by atoms with E-state index >= 15 is 0 Å². The van der Waals surface area contributed by atoms with Gasteiger partial charge in [0, 0.05) is 36.1 Å². The highest BCUT2D eigenvalue weighted by Gasteiger charge is 2.35. The molecule has 3 aromatic carbocycles. The Hall–Kier alpha value is -3.12. The zero-order valence-electron chi connectivity index (χ0n) is 20.5. The maximum Gasteiger partial charge on any atom is 0.114 e. The Kier molecular flexibility index (Phi) is 4.88. The molecule has 0 bridgehead atoms. The minimum absolute atomic E-state index is 0.00118. The normalized spacial score (nSPS) is 13.8. The molecule has 1 aliphatic rings. The SMILES string of the molecule is Cc1ccc2c(c1)C(C)(C)c1cc(-c3ccc(-c4ccc(-c5ccc(C)s5)c5nsnc45)s3)ccc1-2. The molecule has 3 aromatic heterocycles. The highest BCUT2D eigenvalue weighted by Crippen LogP contribution is 2.50. The molecule has 0 amide bonds. The molecule has 0 radical (unpaired) electrons. The summed E-state index contributed by atoms with van der Waals surface area (Å²) < 4.78 is 9.39. The highest BCUT2D eigenvalue weighted by molar-refractivity contribution is 7.19. The van der Waals surface area contributed by atoms with Crippen LogP contribution in [0.3, 0.4) is 0 Å². The van der Waals surface area contributed by atoms with Gasteiger partial charge in [0.1, 0.15) is 11.0 Å². The summed E-state index contributed by atoms with van der Waals surface area (Å²) in [5.74, 6) is 0. The smallest absolute Gasteiger partial charge is 0.114 e. The van der Waals surface area contributed by atoms with Gasteiger partial charge in [0.25, 0.3) is 0 Å². The first-order valence-corrected chi connectivity index (χ1v) is 14.5. The van der Waals surface area contributed by atoms with Gasteiger partial charge in [-0.25, -0.2) is 0 Å². The van der Waals surface area contributed by atoms with Crippen molar-refractivity contribution in [2.45, 2.75) is 33.1 Å². The van der Waals surface area contributed by atoms with Crippen molar-refractivity contribution in [3.8, 4) is 42.4 Å². The molecule has 2 nitrogen and oxygen atoms in total. The average molecular weight is 521 g/mol. The number of hydrogen-bond donors (Lipinski definition) is 0. The molecule has 3 heterocycles. The fraction of sp³-hybridized carbons (Fsp3) is 0.161. The van der Waals surface area contributed by atoms with Crippen LogP contribution in [0.5, 0.6) is 0 Å². The molecule has 0 fully saturated rings. The van der Waals surface area contributed by atoms with Crippen LogP contribution in [0, 0.1) is 13.8 Å². The third kappa shape index (κ3) is 3.27. The molecule has 5 heteroatoms. The molecule has 0 saturated heterocycles. The molecule has 7 rings (SSSR count). The quantitative estimate of drug-likeness (QED) is 0.232. The molecule has 0 unspecified atom stereocenters. The Bertz CT molecular complexity index is 1800. The first kappa shape index (κ1) is 22.1. The van der Waals surface area contributed by atoms with Crippen molar-refractivity contribution >= 4 is 45.4 Å². The molecule has 36 heavy (non-hydrogen) atoms. The zero-order chi connectivity index (χ0) is 24.6. The van der Waals surface area contributed by atoms with Gasteiger partial charge in [-0.15, -0.1) is 22.7 Å². The van der Waals surface area contributed by atoms with E-state index in [9.17, 15) is 0 Å². The van der Waals surface area contributed by atoms with Crippen molar-refractivity contribution in [2.24, 2.45) is 0 Å². The second kappa shape index (κ2) is 7.94. The topological polar surface area (TPSA) is 25.8 Å².